The van der Waals surface area contributed by atoms with Gasteiger partial charge in [-0.15, -0.1) is 11.6 Å². The van der Waals surface area contributed by atoms with Crippen LogP contribution in [0.2, 0.25) is 0 Å². The van der Waals surface area contributed by atoms with Crippen molar-refractivity contribution in [2.45, 2.75) is 56.9 Å². The summed E-state index contributed by atoms with van der Waals surface area (Å²) >= 11 is 5.58. The van der Waals surface area contributed by atoms with Crippen molar-refractivity contribution in [3.8, 4) is 0 Å². The highest BCUT2D eigenvalue weighted by molar-refractivity contribution is 6.27. The van der Waals surface area contributed by atoms with E-state index in [4.69, 9.17) is 11.6 Å². The Bertz CT molecular complexity index is 271. The lowest BCUT2D eigenvalue weighted by molar-refractivity contribution is -0.119. The number of hydrogen-bond acceptors (Lipinski definition) is 2. The van der Waals surface area contributed by atoms with Gasteiger partial charge in [0.15, 0.2) is 0 Å². The van der Waals surface area contributed by atoms with Crippen molar-refractivity contribution in [1.82, 2.24) is 10.2 Å². The van der Waals surface area contributed by atoms with Crippen LogP contribution in [0, 0.1) is 0 Å². The maximum absolute atomic E-state index is 11.4. The first kappa shape index (κ1) is 14.1. The monoisotopic (exact) mass is 272 g/mol. The maximum atomic E-state index is 11.4. The van der Waals surface area contributed by atoms with Gasteiger partial charge in [-0.1, -0.05) is 25.7 Å². The molecule has 3 nitrogen and oxygen atoms in total. The number of nitrogens with zero attached hydrogens (tertiary/aromatic N) is 1. The summed E-state index contributed by atoms with van der Waals surface area (Å²) in [6, 6.07) is 0. The van der Waals surface area contributed by atoms with Crippen molar-refractivity contribution >= 4 is 17.5 Å². The van der Waals surface area contributed by atoms with Crippen LogP contribution in [-0.2, 0) is 4.79 Å². The molecule has 1 saturated carbocycles. The van der Waals surface area contributed by atoms with Crippen LogP contribution in [0.5, 0.6) is 0 Å². The fourth-order valence-electron chi connectivity index (χ4n) is 3.49. The third kappa shape index (κ3) is 3.39. The van der Waals surface area contributed by atoms with E-state index in [1.54, 1.807) is 0 Å². The van der Waals surface area contributed by atoms with Crippen LogP contribution in [0.25, 0.3) is 0 Å². The number of piperidine rings is 1. The molecular formula is C14H25ClN2O. The zero-order valence-corrected chi connectivity index (χ0v) is 12.0. The highest BCUT2D eigenvalue weighted by Gasteiger charge is 2.38. The van der Waals surface area contributed by atoms with Gasteiger partial charge in [0.2, 0.25) is 5.91 Å². The van der Waals surface area contributed by atoms with Crippen LogP contribution >= 0.6 is 11.6 Å². The van der Waals surface area contributed by atoms with E-state index in [1.165, 1.54) is 64.5 Å². The maximum Gasteiger partial charge on any atom is 0.234 e. The summed E-state index contributed by atoms with van der Waals surface area (Å²) in [5.41, 5.74) is 0.223. The number of halogens is 1. The molecule has 2 aliphatic rings. The van der Waals surface area contributed by atoms with Gasteiger partial charge < -0.3 is 5.32 Å². The van der Waals surface area contributed by atoms with Gasteiger partial charge in [0.1, 0.15) is 5.88 Å². The van der Waals surface area contributed by atoms with E-state index in [0.29, 0.717) is 0 Å². The minimum Gasteiger partial charge on any atom is -0.353 e. The lowest BCUT2D eigenvalue weighted by Crippen LogP contribution is -2.58. The second-order valence-corrected chi connectivity index (χ2v) is 6.01. The van der Waals surface area contributed by atoms with E-state index >= 15 is 0 Å². The van der Waals surface area contributed by atoms with Crippen molar-refractivity contribution in [3.63, 3.8) is 0 Å². The van der Waals surface area contributed by atoms with Crippen LogP contribution in [0.3, 0.4) is 0 Å². The van der Waals surface area contributed by atoms with E-state index in [-0.39, 0.29) is 17.3 Å². The molecule has 1 saturated heterocycles. The number of amides is 1. The Morgan fingerprint density at radius 2 is 1.67 bits per heavy atom. The summed E-state index contributed by atoms with van der Waals surface area (Å²) in [5.74, 6) is 0.0504. The molecule has 1 N–H and O–H groups in total. The van der Waals surface area contributed by atoms with Gasteiger partial charge in [0, 0.05) is 12.1 Å². The molecule has 0 spiro atoms. The first-order valence-corrected chi connectivity index (χ1v) is 7.88. The molecule has 4 heteroatoms. The second-order valence-electron chi connectivity index (χ2n) is 5.74. The van der Waals surface area contributed by atoms with Crippen molar-refractivity contribution in [3.05, 3.63) is 0 Å². The van der Waals surface area contributed by atoms with E-state index in [2.05, 4.69) is 10.2 Å². The lowest BCUT2D eigenvalue weighted by Gasteiger charge is -2.48. The number of nitrogens with one attached hydrogen (secondary N) is 1. The number of likely N-dealkylation sites (tertiary alicyclic amines) is 1. The zero-order chi connectivity index (χ0) is 12.8. The predicted molar refractivity (Wildman–Crippen MR) is 75.0 cm³/mol. The van der Waals surface area contributed by atoms with Crippen molar-refractivity contribution in [1.29, 1.82) is 0 Å². The molecular weight excluding hydrogens is 248 g/mol. The molecule has 0 aromatic heterocycles. The summed E-state index contributed by atoms with van der Waals surface area (Å²) in [6.45, 7) is 3.20. The molecule has 104 valence electrons. The minimum atomic E-state index is -0.0291. The normalized spacial score (nSPS) is 24.7. The quantitative estimate of drug-likeness (QED) is 0.798. The molecule has 0 atom stereocenters. The topological polar surface area (TPSA) is 32.3 Å². The standard InChI is InChI=1S/C14H25ClN2O/c15-11-13(18)16-12-14(7-3-1-4-8-14)17-9-5-2-6-10-17/h1-12H2,(H,16,18). The number of carbonyl (C=O) groups is 1. The largest absolute Gasteiger partial charge is 0.353 e. The first-order valence-electron chi connectivity index (χ1n) is 7.35. The Balaban J connectivity index is 1.99. The second kappa shape index (κ2) is 6.76. The summed E-state index contributed by atoms with van der Waals surface area (Å²) in [5, 5.41) is 3.03. The van der Waals surface area contributed by atoms with Gasteiger partial charge in [0.25, 0.3) is 0 Å². The van der Waals surface area contributed by atoms with Gasteiger partial charge in [0.05, 0.1) is 0 Å². The number of rotatable bonds is 4. The Labute approximate surface area is 115 Å². The average molecular weight is 273 g/mol. The van der Waals surface area contributed by atoms with Gasteiger partial charge in [-0.2, -0.15) is 0 Å². The van der Waals surface area contributed by atoms with E-state index in [9.17, 15) is 4.79 Å². The fourth-order valence-corrected chi connectivity index (χ4v) is 3.59. The number of alkyl halides is 1. The first-order chi connectivity index (χ1) is 8.77. The van der Waals surface area contributed by atoms with Gasteiger partial charge in [-0.25, -0.2) is 0 Å². The highest BCUT2D eigenvalue weighted by Crippen LogP contribution is 2.35. The third-order valence-corrected chi connectivity index (χ3v) is 4.79. The SMILES string of the molecule is O=C(CCl)NCC1(N2CCCCC2)CCCCC1. The predicted octanol–water partition coefficient (Wildman–Crippen LogP) is 2.53. The third-order valence-electron chi connectivity index (χ3n) is 4.55. The fraction of sp³-hybridized carbons (Fsp3) is 0.929. The molecule has 2 fully saturated rings. The van der Waals surface area contributed by atoms with Gasteiger partial charge in [-0.05, 0) is 38.8 Å². The van der Waals surface area contributed by atoms with Crippen LogP contribution in [0.4, 0.5) is 0 Å². The molecule has 0 aromatic carbocycles. The average Bonchev–Trinajstić information content (AvgIpc) is 2.46. The van der Waals surface area contributed by atoms with Crippen LogP contribution in [0.1, 0.15) is 51.4 Å². The molecule has 0 aromatic rings. The summed E-state index contributed by atoms with van der Waals surface area (Å²) < 4.78 is 0. The molecule has 0 radical (unpaired) electrons. The van der Waals surface area contributed by atoms with Crippen LogP contribution in [0.15, 0.2) is 0 Å². The van der Waals surface area contributed by atoms with Crippen molar-refractivity contribution in [2.24, 2.45) is 0 Å². The summed E-state index contributed by atoms with van der Waals surface area (Å²) in [7, 11) is 0. The highest BCUT2D eigenvalue weighted by atomic mass is 35.5. The molecule has 1 aliphatic carbocycles. The lowest BCUT2D eigenvalue weighted by atomic mass is 9.79. The molecule has 1 aliphatic heterocycles. The molecule has 1 heterocycles. The Kier molecular flexibility index (Phi) is 5.31. The number of carbonyl (C=O) groups excluding carboxylic acids is 1. The van der Waals surface area contributed by atoms with E-state index < -0.39 is 0 Å². The minimum absolute atomic E-state index is 0.0291. The molecule has 18 heavy (non-hydrogen) atoms. The smallest absolute Gasteiger partial charge is 0.234 e. The van der Waals surface area contributed by atoms with Gasteiger partial charge in [-0.3, -0.25) is 9.69 Å². The van der Waals surface area contributed by atoms with Crippen molar-refractivity contribution in [2.75, 3.05) is 25.5 Å². The Morgan fingerprint density at radius 1 is 1.06 bits per heavy atom. The molecule has 2 rings (SSSR count). The molecule has 0 bridgehead atoms. The van der Waals surface area contributed by atoms with E-state index in [1.807, 2.05) is 0 Å². The van der Waals surface area contributed by atoms with Crippen LogP contribution < -0.4 is 5.32 Å². The molecule has 0 unspecified atom stereocenters. The number of hydrogen-bond donors (Lipinski definition) is 1. The summed E-state index contributed by atoms with van der Waals surface area (Å²) in [6.07, 6.45) is 10.4. The van der Waals surface area contributed by atoms with E-state index in [0.717, 1.165) is 6.54 Å². The Morgan fingerprint density at radius 3 is 2.28 bits per heavy atom. The van der Waals surface area contributed by atoms with Gasteiger partial charge >= 0.3 is 0 Å². The molecule has 1 amide bonds. The van der Waals surface area contributed by atoms with Crippen molar-refractivity contribution < 1.29 is 4.79 Å². The van der Waals surface area contributed by atoms with Crippen LogP contribution in [-0.4, -0.2) is 41.9 Å². The zero-order valence-electron chi connectivity index (χ0n) is 11.2. The Hall–Kier alpha value is -0.280. The summed E-state index contributed by atoms with van der Waals surface area (Å²) in [4.78, 5) is 14.1.